The van der Waals surface area contributed by atoms with Crippen LogP contribution in [0.4, 0.5) is 0 Å². The van der Waals surface area contributed by atoms with E-state index >= 15 is 0 Å². The van der Waals surface area contributed by atoms with Gasteiger partial charge in [-0.3, -0.25) is 9.79 Å². The predicted molar refractivity (Wildman–Crippen MR) is 108 cm³/mol. The van der Waals surface area contributed by atoms with Crippen molar-refractivity contribution in [1.29, 1.82) is 0 Å². The zero-order chi connectivity index (χ0) is 16.7. The highest BCUT2D eigenvalue weighted by Crippen LogP contribution is 2.18. The van der Waals surface area contributed by atoms with Gasteiger partial charge >= 0.3 is 5.97 Å². The molecule has 0 amide bonds. The standard InChI is InChI=1S/C17H32N4O2.HI/c1-14(13-20-8-4-5-9-20)12-19-17(18-2)21-10-6-15(7-11-21)16(22)23-3;/h14-15H,4-13H2,1-3H3,(H,18,19);1H. The molecule has 0 aliphatic carbocycles. The quantitative estimate of drug-likeness (QED) is 0.299. The van der Waals surface area contributed by atoms with E-state index in [0.29, 0.717) is 5.92 Å². The summed E-state index contributed by atoms with van der Waals surface area (Å²) in [5.41, 5.74) is 0. The fourth-order valence-corrected chi connectivity index (χ4v) is 3.56. The molecule has 2 aliphatic heterocycles. The molecule has 0 aromatic rings. The SMILES string of the molecule is CN=C(NCC(C)CN1CCCC1)N1CCC(C(=O)OC)CC1.I. The second-order valence-corrected chi connectivity index (χ2v) is 6.83. The van der Waals surface area contributed by atoms with Crippen molar-refractivity contribution in [3.05, 3.63) is 0 Å². The van der Waals surface area contributed by atoms with Crippen molar-refractivity contribution in [2.75, 3.05) is 53.4 Å². The minimum absolute atomic E-state index is 0. The molecule has 0 saturated carbocycles. The van der Waals surface area contributed by atoms with Crippen LogP contribution in [0.1, 0.15) is 32.6 Å². The fourth-order valence-electron chi connectivity index (χ4n) is 3.56. The van der Waals surface area contributed by atoms with E-state index in [1.54, 1.807) is 0 Å². The minimum Gasteiger partial charge on any atom is -0.469 e. The number of esters is 1. The number of halogens is 1. The molecule has 2 aliphatic rings. The topological polar surface area (TPSA) is 57.2 Å². The van der Waals surface area contributed by atoms with Crippen LogP contribution in [-0.2, 0) is 9.53 Å². The molecule has 1 unspecified atom stereocenters. The number of likely N-dealkylation sites (tertiary alicyclic amines) is 2. The third-order valence-electron chi connectivity index (χ3n) is 4.92. The number of nitrogens with zero attached hydrogens (tertiary/aromatic N) is 3. The van der Waals surface area contributed by atoms with Crippen LogP contribution in [0.2, 0.25) is 0 Å². The van der Waals surface area contributed by atoms with Crippen molar-refractivity contribution in [2.45, 2.75) is 32.6 Å². The molecule has 7 heteroatoms. The molecule has 2 fully saturated rings. The second-order valence-electron chi connectivity index (χ2n) is 6.83. The highest BCUT2D eigenvalue weighted by molar-refractivity contribution is 14.0. The van der Waals surface area contributed by atoms with Crippen LogP contribution in [0.5, 0.6) is 0 Å². The van der Waals surface area contributed by atoms with Gasteiger partial charge in [0.05, 0.1) is 13.0 Å². The van der Waals surface area contributed by atoms with Gasteiger partial charge in [0.25, 0.3) is 0 Å². The Bertz CT molecular complexity index is 405. The van der Waals surface area contributed by atoms with Crippen LogP contribution in [-0.4, -0.2) is 75.2 Å². The molecule has 2 rings (SSSR count). The first-order valence-electron chi connectivity index (χ1n) is 8.89. The average Bonchev–Trinajstić information content (AvgIpc) is 3.08. The third-order valence-corrected chi connectivity index (χ3v) is 4.92. The summed E-state index contributed by atoms with van der Waals surface area (Å²) in [4.78, 5) is 20.8. The summed E-state index contributed by atoms with van der Waals surface area (Å²) in [6, 6.07) is 0. The lowest BCUT2D eigenvalue weighted by Gasteiger charge is -2.33. The van der Waals surface area contributed by atoms with Gasteiger partial charge in [0.1, 0.15) is 0 Å². The molecular formula is C17H33IN4O2. The summed E-state index contributed by atoms with van der Waals surface area (Å²) in [5, 5.41) is 3.50. The van der Waals surface area contributed by atoms with Gasteiger partial charge in [-0.05, 0) is 44.7 Å². The molecule has 0 aromatic heterocycles. The van der Waals surface area contributed by atoms with Crippen LogP contribution >= 0.6 is 24.0 Å². The maximum atomic E-state index is 11.6. The maximum absolute atomic E-state index is 11.6. The summed E-state index contributed by atoms with van der Waals surface area (Å²) < 4.78 is 4.85. The predicted octanol–water partition coefficient (Wildman–Crippen LogP) is 1.80. The first kappa shape index (κ1) is 21.5. The van der Waals surface area contributed by atoms with Crippen LogP contribution in [0.15, 0.2) is 4.99 Å². The van der Waals surface area contributed by atoms with E-state index < -0.39 is 0 Å². The van der Waals surface area contributed by atoms with Gasteiger partial charge in [0, 0.05) is 33.2 Å². The highest BCUT2D eigenvalue weighted by Gasteiger charge is 2.27. The van der Waals surface area contributed by atoms with Gasteiger partial charge in [0.15, 0.2) is 5.96 Å². The van der Waals surface area contributed by atoms with Crippen molar-refractivity contribution in [3.8, 4) is 0 Å². The molecule has 1 atom stereocenters. The van der Waals surface area contributed by atoms with E-state index in [4.69, 9.17) is 4.74 Å². The molecule has 0 spiro atoms. The Morgan fingerprint density at radius 3 is 2.42 bits per heavy atom. The van der Waals surface area contributed by atoms with E-state index in [1.807, 2.05) is 7.05 Å². The first-order valence-corrected chi connectivity index (χ1v) is 8.89. The Hall–Kier alpha value is -0.570. The van der Waals surface area contributed by atoms with Crippen molar-refractivity contribution >= 4 is 35.9 Å². The normalized spacial score (nSPS) is 21.3. The molecule has 0 bridgehead atoms. The van der Waals surface area contributed by atoms with Crippen LogP contribution in [0.25, 0.3) is 0 Å². The molecule has 24 heavy (non-hydrogen) atoms. The number of carbonyl (C=O) groups is 1. The van der Waals surface area contributed by atoms with E-state index in [2.05, 4.69) is 27.0 Å². The summed E-state index contributed by atoms with van der Waals surface area (Å²) in [5.74, 6) is 1.54. The minimum atomic E-state index is -0.0770. The van der Waals surface area contributed by atoms with Gasteiger partial charge in [-0.25, -0.2) is 0 Å². The summed E-state index contributed by atoms with van der Waals surface area (Å²) >= 11 is 0. The number of piperidine rings is 1. The molecule has 0 radical (unpaired) electrons. The zero-order valence-electron chi connectivity index (χ0n) is 15.3. The van der Waals surface area contributed by atoms with E-state index in [0.717, 1.165) is 45.0 Å². The van der Waals surface area contributed by atoms with Gasteiger partial charge in [-0.2, -0.15) is 0 Å². The fraction of sp³-hybridized carbons (Fsp3) is 0.882. The lowest BCUT2D eigenvalue weighted by atomic mass is 9.97. The van der Waals surface area contributed by atoms with Gasteiger partial charge < -0.3 is 19.9 Å². The number of carbonyl (C=O) groups excluding carboxylic acids is 1. The van der Waals surface area contributed by atoms with E-state index in [1.165, 1.54) is 33.0 Å². The lowest BCUT2D eigenvalue weighted by Crippen LogP contribution is -2.48. The van der Waals surface area contributed by atoms with E-state index in [9.17, 15) is 4.79 Å². The van der Waals surface area contributed by atoms with Crippen molar-refractivity contribution in [1.82, 2.24) is 15.1 Å². The Morgan fingerprint density at radius 2 is 1.88 bits per heavy atom. The molecule has 2 heterocycles. The number of hydrogen-bond acceptors (Lipinski definition) is 4. The number of rotatable bonds is 5. The number of guanidine groups is 1. The molecule has 1 N–H and O–H groups in total. The van der Waals surface area contributed by atoms with Crippen LogP contribution in [0.3, 0.4) is 0 Å². The highest BCUT2D eigenvalue weighted by atomic mass is 127. The van der Waals surface area contributed by atoms with Crippen molar-refractivity contribution < 1.29 is 9.53 Å². The second kappa shape index (κ2) is 11.1. The molecule has 2 saturated heterocycles. The lowest BCUT2D eigenvalue weighted by molar-refractivity contribution is -0.146. The van der Waals surface area contributed by atoms with Crippen molar-refractivity contribution in [2.24, 2.45) is 16.8 Å². The largest absolute Gasteiger partial charge is 0.469 e. The smallest absolute Gasteiger partial charge is 0.308 e. The summed E-state index contributed by atoms with van der Waals surface area (Å²) in [6.07, 6.45) is 4.38. The Balaban J connectivity index is 0.00000288. The van der Waals surface area contributed by atoms with E-state index in [-0.39, 0.29) is 35.9 Å². The number of methoxy groups -OCH3 is 1. The summed E-state index contributed by atoms with van der Waals surface area (Å²) in [6.45, 7) is 8.62. The molecular weight excluding hydrogens is 419 g/mol. The Labute approximate surface area is 163 Å². The zero-order valence-corrected chi connectivity index (χ0v) is 17.6. The Morgan fingerprint density at radius 1 is 1.25 bits per heavy atom. The first-order chi connectivity index (χ1) is 11.1. The molecule has 140 valence electrons. The van der Waals surface area contributed by atoms with Gasteiger partial charge in [-0.1, -0.05) is 6.92 Å². The summed E-state index contributed by atoms with van der Waals surface area (Å²) in [7, 11) is 3.30. The van der Waals surface area contributed by atoms with Crippen LogP contribution < -0.4 is 5.32 Å². The number of hydrogen-bond donors (Lipinski definition) is 1. The number of aliphatic imine (C=N–C) groups is 1. The van der Waals surface area contributed by atoms with Crippen LogP contribution in [0, 0.1) is 11.8 Å². The monoisotopic (exact) mass is 452 g/mol. The average molecular weight is 452 g/mol. The molecule has 0 aromatic carbocycles. The number of ether oxygens (including phenoxy) is 1. The van der Waals surface area contributed by atoms with Gasteiger partial charge in [-0.15, -0.1) is 24.0 Å². The van der Waals surface area contributed by atoms with Crippen molar-refractivity contribution in [3.63, 3.8) is 0 Å². The maximum Gasteiger partial charge on any atom is 0.308 e. The number of nitrogens with one attached hydrogen (secondary N) is 1. The van der Waals surface area contributed by atoms with Gasteiger partial charge in [0.2, 0.25) is 0 Å². The molecule has 6 nitrogen and oxygen atoms in total. The third kappa shape index (κ3) is 6.38. The Kier molecular flexibility index (Phi) is 9.95.